The van der Waals surface area contributed by atoms with E-state index in [0.717, 1.165) is 48.2 Å². The van der Waals surface area contributed by atoms with Crippen molar-refractivity contribution in [3.63, 3.8) is 0 Å². The van der Waals surface area contributed by atoms with Gasteiger partial charge < -0.3 is 15.0 Å². The van der Waals surface area contributed by atoms with Crippen molar-refractivity contribution in [2.24, 2.45) is 0 Å². The topological polar surface area (TPSA) is 54.1 Å². The van der Waals surface area contributed by atoms with Crippen molar-refractivity contribution in [3.05, 3.63) is 45.7 Å². The van der Waals surface area contributed by atoms with Gasteiger partial charge in [-0.15, -0.1) is 0 Å². The third-order valence-electron chi connectivity index (χ3n) is 3.24. The first-order chi connectivity index (χ1) is 9.70. The second-order valence-electron chi connectivity index (χ2n) is 4.94. The zero-order valence-corrected chi connectivity index (χ0v) is 12.2. The van der Waals surface area contributed by atoms with E-state index < -0.39 is 0 Å². The second-order valence-corrected chi connectivity index (χ2v) is 4.94. The minimum atomic E-state index is -0.0135. The van der Waals surface area contributed by atoms with Crippen molar-refractivity contribution in [2.45, 2.75) is 26.8 Å². The maximum absolute atomic E-state index is 12.0. The summed E-state index contributed by atoms with van der Waals surface area (Å²) in [5, 5.41) is 4.35. The van der Waals surface area contributed by atoms with Crippen molar-refractivity contribution in [3.8, 4) is 0 Å². The lowest BCUT2D eigenvalue weighted by Gasteiger charge is -2.06. The molecule has 0 atom stereocenters. The van der Waals surface area contributed by atoms with E-state index in [1.807, 2.05) is 32.0 Å². The van der Waals surface area contributed by atoms with Crippen LogP contribution in [0.4, 0.5) is 0 Å². The average molecular weight is 274 g/mol. The van der Waals surface area contributed by atoms with Crippen molar-refractivity contribution in [1.82, 2.24) is 10.3 Å². The molecule has 0 amide bonds. The van der Waals surface area contributed by atoms with Crippen LogP contribution in [0.15, 0.2) is 29.1 Å². The van der Waals surface area contributed by atoms with Crippen LogP contribution in [-0.4, -0.2) is 24.7 Å². The first-order valence-electron chi connectivity index (χ1n) is 7.11. The van der Waals surface area contributed by atoms with E-state index in [1.165, 1.54) is 0 Å². The van der Waals surface area contributed by atoms with E-state index >= 15 is 0 Å². The van der Waals surface area contributed by atoms with Crippen molar-refractivity contribution in [2.75, 3.05) is 19.8 Å². The lowest BCUT2D eigenvalue weighted by Crippen LogP contribution is -2.22. The lowest BCUT2D eigenvalue weighted by molar-refractivity contribution is 0.144. The van der Waals surface area contributed by atoms with Crippen molar-refractivity contribution < 1.29 is 4.74 Å². The molecule has 1 aromatic carbocycles. The molecule has 20 heavy (non-hydrogen) atoms. The van der Waals surface area contributed by atoms with Gasteiger partial charge in [0.25, 0.3) is 5.56 Å². The van der Waals surface area contributed by atoms with E-state index in [2.05, 4.69) is 16.4 Å². The van der Waals surface area contributed by atoms with E-state index in [0.29, 0.717) is 6.54 Å². The molecule has 108 valence electrons. The van der Waals surface area contributed by atoms with Crippen LogP contribution in [0.3, 0.4) is 0 Å². The summed E-state index contributed by atoms with van der Waals surface area (Å²) in [6, 6.07) is 8.05. The van der Waals surface area contributed by atoms with Crippen molar-refractivity contribution >= 4 is 10.9 Å². The molecule has 0 aliphatic carbocycles. The Labute approximate surface area is 119 Å². The minimum absolute atomic E-state index is 0.0135. The molecule has 1 heterocycles. The Kier molecular flexibility index (Phi) is 5.32. The highest BCUT2D eigenvalue weighted by Crippen LogP contribution is 2.12. The number of rotatable bonds is 7. The number of aryl methyl sites for hydroxylation is 1. The third-order valence-corrected chi connectivity index (χ3v) is 3.24. The van der Waals surface area contributed by atoms with Gasteiger partial charge in [-0.05, 0) is 49.9 Å². The Morgan fingerprint density at radius 3 is 2.95 bits per heavy atom. The summed E-state index contributed by atoms with van der Waals surface area (Å²) in [6.07, 6.45) is 0.957. The Bertz CT molecular complexity index is 619. The number of aromatic amines is 1. The maximum Gasteiger partial charge on any atom is 0.252 e. The predicted molar refractivity (Wildman–Crippen MR) is 82.1 cm³/mol. The monoisotopic (exact) mass is 274 g/mol. The van der Waals surface area contributed by atoms with Gasteiger partial charge >= 0.3 is 0 Å². The van der Waals surface area contributed by atoms with E-state index in [4.69, 9.17) is 4.74 Å². The Morgan fingerprint density at radius 2 is 2.15 bits per heavy atom. The molecule has 4 heteroatoms. The lowest BCUT2D eigenvalue weighted by atomic mass is 10.1. The number of hydrogen-bond donors (Lipinski definition) is 2. The number of nitrogens with one attached hydrogen (secondary N) is 2. The molecule has 2 rings (SSSR count). The Hall–Kier alpha value is -1.65. The number of pyridine rings is 1. The average Bonchev–Trinajstić information content (AvgIpc) is 2.43. The molecule has 0 aliphatic rings. The Balaban J connectivity index is 1.98. The smallest absolute Gasteiger partial charge is 0.252 e. The van der Waals surface area contributed by atoms with Gasteiger partial charge in [-0.2, -0.15) is 0 Å². The molecule has 1 aromatic heterocycles. The van der Waals surface area contributed by atoms with E-state index in [9.17, 15) is 4.79 Å². The molecule has 0 bridgehead atoms. The summed E-state index contributed by atoms with van der Waals surface area (Å²) >= 11 is 0. The number of ether oxygens (including phenoxy) is 1. The fourth-order valence-electron chi connectivity index (χ4n) is 2.16. The van der Waals surface area contributed by atoms with Crippen LogP contribution in [0.2, 0.25) is 0 Å². The molecule has 0 aliphatic heterocycles. The van der Waals surface area contributed by atoms with Crippen molar-refractivity contribution in [1.29, 1.82) is 0 Å². The SMILES string of the molecule is CCOCCCNCc1cc2ccc(C)cc2[nH]c1=O. The molecular formula is C16H22N2O2. The normalized spacial score (nSPS) is 11.1. The van der Waals surface area contributed by atoms with Gasteiger partial charge in [-0.25, -0.2) is 0 Å². The van der Waals surface area contributed by atoms with Crippen LogP contribution in [0.25, 0.3) is 10.9 Å². The highest BCUT2D eigenvalue weighted by Gasteiger charge is 2.02. The summed E-state index contributed by atoms with van der Waals surface area (Å²) in [7, 11) is 0. The number of aromatic nitrogens is 1. The van der Waals surface area contributed by atoms with Gasteiger partial charge in [-0.1, -0.05) is 12.1 Å². The number of fused-ring (bicyclic) bond motifs is 1. The molecule has 4 nitrogen and oxygen atoms in total. The van der Waals surface area contributed by atoms with Crippen LogP contribution in [0.5, 0.6) is 0 Å². The zero-order valence-electron chi connectivity index (χ0n) is 12.2. The summed E-state index contributed by atoms with van der Waals surface area (Å²) in [5.74, 6) is 0. The molecule has 0 spiro atoms. The number of hydrogen-bond acceptors (Lipinski definition) is 3. The van der Waals surface area contributed by atoms with E-state index in [1.54, 1.807) is 0 Å². The zero-order chi connectivity index (χ0) is 14.4. The molecule has 0 fully saturated rings. The van der Waals surface area contributed by atoms with Crippen LogP contribution in [0, 0.1) is 6.92 Å². The minimum Gasteiger partial charge on any atom is -0.382 e. The molecule has 2 aromatic rings. The van der Waals surface area contributed by atoms with Gasteiger partial charge in [0.05, 0.1) is 0 Å². The van der Waals surface area contributed by atoms with Gasteiger partial charge in [-0.3, -0.25) is 4.79 Å². The molecule has 0 unspecified atom stereocenters. The van der Waals surface area contributed by atoms with Gasteiger partial charge in [0.15, 0.2) is 0 Å². The van der Waals surface area contributed by atoms with Crippen LogP contribution >= 0.6 is 0 Å². The molecule has 0 saturated heterocycles. The largest absolute Gasteiger partial charge is 0.382 e. The van der Waals surface area contributed by atoms with Gasteiger partial charge in [0.1, 0.15) is 0 Å². The summed E-state index contributed by atoms with van der Waals surface area (Å²) < 4.78 is 5.27. The van der Waals surface area contributed by atoms with Gasteiger partial charge in [0.2, 0.25) is 0 Å². The molecule has 0 radical (unpaired) electrons. The van der Waals surface area contributed by atoms with E-state index in [-0.39, 0.29) is 5.56 Å². The molecule has 2 N–H and O–H groups in total. The summed E-state index contributed by atoms with van der Waals surface area (Å²) in [5.41, 5.74) is 2.81. The first kappa shape index (κ1) is 14.8. The Morgan fingerprint density at radius 1 is 1.30 bits per heavy atom. The third kappa shape index (κ3) is 3.92. The summed E-state index contributed by atoms with van der Waals surface area (Å²) in [4.78, 5) is 14.9. The fourth-order valence-corrected chi connectivity index (χ4v) is 2.16. The molecule has 0 saturated carbocycles. The maximum atomic E-state index is 12.0. The predicted octanol–water partition coefficient (Wildman–Crippen LogP) is 2.35. The van der Waals surface area contributed by atoms with Crippen LogP contribution in [-0.2, 0) is 11.3 Å². The second kappa shape index (κ2) is 7.22. The van der Waals surface area contributed by atoms with Crippen LogP contribution < -0.4 is 10.9 Å². The quantitative estimate of drug-likeness (QED) is 0.762. The highest BCUT2D eigenvalue weighted by molar-refractivity contribution is 5.79. The first-order valence-corrected chi connectivity index (χ1v) is 7.11. The standard InChI is InChI=1S/C16H22N2O2/c1-3-20-8-4-7-17-11-14-10-13-6-5-12(2)9-15(13)18-16(14)19/h5-6,9-10,17H,3-4,7-8,11H2,1-2H3,(H,18,19). The number of benzene rings is 1. The molecular weight excluding hydrogens is 252 g/mol. The fraction of sp³-hybridized carbons (Fsp3) is 0.438. The van der Waals surface area contributed by atoms with Gasteiger partial charge in [0, 0.05) is 30.8 Å². The number of H-pyrrole nitrogens is 1. The highest BCUT2D eigenvalue weighted by atomic mass is 16.5. The summed E-state index contributed by atoms with van der Waals surface area (Å²) in [6.45, 7) is 6.96. The van der Waals surface area contributed by atoms with Crippen LogP contribution in [0.1, 0.15) is 24.5 Å².